The molecule has 0 spiro atoms. The Hall–Kier alpha value is -3.04. The normalized spacial score (nSPS) is 12.3. The van der Waals surface area contributed by atoms with Crippen molar-refractivity contribution >= 4 is 41.0 Å². The molecule has 0 unspecified atom stereocenters. The van der Waals surface area contributed by atoms with E-state index in [0.717, 1.165) is 22.6 Å². The van der Waals surface area contributed by atoms with Crippen molar-refractivity contribution in [2.45, 2.75) is 24.6 Å². The molecule has 4 rings (SSSR count). The predicted octanol–water partition coefficient (Wildman–Crippen LogP) is 4.00. The Balaban J connectivity index is 1.48. The molecule has 2 amide bonds. The lowest BCUT2D eigenvalue weighted by atomic mass is 10.2. The highest BCUT2D eigenvalue weighted by molar-refractivity contribution is 7.98. The third-order valence-electron chi connectivity index (χ3n) is 4.98. The molecular formula is C22H20ClFN4O3S. The number of benzene rings is 2. The molecule has 0 atom stereocenters. The van der Waals surface area contributed by atoms with Gasteiger partial charge in [-0.3, -0.25) is 9.59 Å². The second kappa shape index (κ2) is 9.62. The minimum absolute atomic E-state index is 0.0109. The van der Waals surface area contributed by atoms with Crippen LogP contribution in [0.15, 0.2) is 42.5 Å². The van der Waals surface area contributed by atoms with Gasteiger partial charge in [-0.15, -0.1) is 0 Å². The summed E-state index contributed by atoms with van der Waals surface area (Å²) in [6.45, 7) is 0.251. The van der Waals surface area contributed by atoms with E-state index < -0.39 is 11.7 Å². The highest BCUT2D eigenvalue weighted by atomic mass is 35.5. The molecule has 0 radical (unpaired) electrons. The lowest BCUT2D eigenvalue weighted by Crippen LogP contribution is -2.29. The van der Waals surface area contributed by atoms with Crippen LogP contribution < -0.4 is 15.4 Å². The number of fused-ring (bicyclic) bond motifs is 1. The molecule has 10 heteroatoms. The average Bonchev–Trinajstić information content (AvgIpc) is 3.35. The van der Waals surface area contributed by atoms with E-state index in [4.69, 9.17) is 16.3 Å². The summed E-state index contributed by atoms with van der Waals surface area (Å²) in [4.78, 5) is 25.3. The molecule has 0 fully saturated rings. The molecule has 0 saturated carbocycles. The van der Waals surface area contributed by atoms with Crippen LogP contribution in [-0.2, 0) is 29.4 Å². The number of nitrogens with one attached hydrogen (secondary N) is 2. The third-order valence-corrected chi connectivity index (χ3v) is 6.27. The number of anilines is 1. The first-order valence-electron chi connectivity index (χ1n) is 9.77. The molecule has 0 bridgehead atoms. The van der Waals surface area contributed by atoms with Crippen molar-refractivity contribution in [2.24, 2.45) is 0 Å². The summed E-state index contributed by atoms with van der Waals surface area (Å²) in [7, 11) is 1.59. The van der Waals surface area contributed by atoms with Gasteiger partial charge >= 0.3 is 0 Å². The van der Waals surface area contributed by atoms with Gasteiger partial charge in [0, 0.05) is 23.6 Å². The number of carbonyl (C=O) groups excluding carboxylic acids is 2. The van der Waals surface area contributed by atoms with Crippen LogP contribution in [0.1, 0.15) is 27.2 Å². The maximum absolute atomic E-state index is 14.2. The van der Waals surface area contributed by atoms with Crippen molar-refractivity contribution < 1.29 is 18.7 Å². The van der Waals surface area contributed by atoms with Crippen molar-refractivity contribution in [3.05, 3.63) is 75.7 Å². The monoisotopic (exact) mass is 474 g/mol. The first-order valence-corrected chi connectivity index (χ1v) is 11.3. The van der Waals surface area contributed by atoms with Crippen LogP contribution in [0.5, 0.6) is 5.75 Å². The van der Waals surface area contributed by atoms with Crippen molar-refractivity contribution in [2.75, 3.05) is 12.4 Å². The Morgan fingerprint density at radius 1 is 1.22 bits per heavy atom. The Morgan fingerprint density at radius 3 is 2.72 bits per heavy atom. The first-order chi connectivity index (χ1) is 15.5. The number of halogens is 2. The summed E-state index contributed by atoms with van der Waals surface area (Å²) in [6.07, 6.45) is 0. The highest BCUT2D eigenvalue weighted by Gasteiger charge is 2.26. The SMILES string of the molecule is COc1ccc(CNC(=O)Cn2nc3c(c2NC(=O)c2c(F)cccc2Cl)CSC3)cc1. The van der Waals surface area contributed by atoms with E-state index in [-0.39, 0.29) is 23.0 Å². The molecular weight excluding hydrogens is 455 g/mol. The lowest BCUT2D eigenvalue weighted by molar-refractivity contribution is -0.122. The van der Waals surface area contributed by atoms with E-state index in [2.05, 4.69) is 15.7 Å². The number of ether oxygens (including phenoxy) is 1. The fourth-order valence-corrected chi connectivity index (χ4v) is 4.62. The third kappa shape index (κ3) is 4.73. The van der Waals surface area contributed by atoms with Crippen LogP contribution in [-0.4, -0.2) is 28.7 Å². The van der Waals surface area contributed by atoms with Gasteiger partial charge in [0.2, 0.25) is 5.91 Å². The number of thioether (sulfide) groups is 1. The van der Waals surface area contributed by atoms with Gasteiger partial charge in [-0.25, -0.2) is 9.07 Å². The molecule has 2 aromatic carbocycles. The van der Waals surface area contributed by atoms with Gasteiger partial charge in [0.1, 0.15) is 23.9 Å². The van der Waals surface area contributed by atoms with Crippen molar-refractivity contribution in [3.63, 3.8) is 0 Å². The standard InChI is InChI=1S/C22H20ClFN4O3S/c1-31-14-7-5-13(6-8-14)9-25-19(29)10-28-21(15-11-32-12-18(15)27-28)26-22(30)20-16(23)3-2-4-17(20)24/h2-8H,9-12H2,1H3,(H,25,29)(H,26,30). The highest BCUT2D eigenvalue weighted by Crippen LogP contribution is 2.35. The summed E-state index contributed by atoms with van der Waals surface area (Å²) >= 11 is 7.68. The summed E-state index contributed by atoms with van der Waals surface area (Å²) in [6, 6.07) is 11.4. The van der Waals surface area contributed by atoms with Crippen LogP contribution in [0.2, 0.25) is 5.02 Å². The van der Waals surface area contributed by atoms with Crippen LogP contribution in [0.3, 0.4) is 0 Å². The fourth-order valence-electron chi connectivity index (χ4n) is 3.34. The Bertz CT molecular complexity index is 1150. The maximum Gasteiger partial charge on any atom is 0.261 e. The van der Waals surface area contributed by atoms with E-state index in [1.54, 1.807) is 18.9 Å². The van der Waals surface area contributed by atoms with Crippen LogP contribution in [0, 0.1) is 5.82 Å². The molecule has 0 saturated heterocycles. The number of rotatable bonds is 7. The summed E-state index contributed by atoms with van der Waals surface area (Å²) < 4.78 is 20.8. The maximum atomic E-state index is 14.2. The van der Waals surface area contributed by atoms with E-state index in [0.29, 0.717) is 23.9 Å². The van der Waals surface area contributed by atoms with E-state index in [9.17, 15) is 14.0 Å². The quantitative estimate of drug-likeness (QED) is 0.540. The number of amides is 2. The van der Waals surface area contributed by atoms with Gasteiger partial charge in [0.15, 0.2) is 0 Å². The number of nitrogens with zero attached hydrogens (tertiary/aromatic N) is 2. The van der Waals surface area contributed by atoms with Crippen LogP contribution >= 0.6 is 23.4 Å². The minimum Gasteiger partial charge on any atom is -0.497 e. The summed E-state index contributed by atoms with van der Waals surface area (Å²) in [5.41, 5.74) is 2.30. The number of hydrogen-bond acceptors (Lipinski definition) is 5. The largest absolute Gasteiger partial charge is 0.497 e. The van der Waals surface area contributed by atoms with Crippen molar-refractivity contribution in [3.8, 4) is 5.75 Å². The second-order valence-electron chi connectivity index (χ2n) is 7.10. The van der Waals surface area contributed by atoms with Crippen LogP contribution in [0.4, 0.5) is 10.2 Å². The number of carbonyl (C=O) groups is 2. The molecule has 1 aromatic heterocycles. The number of hydrogen-bond donors (Lipinski definition) is 2. The van der Waals surface area contributed by atoms with E-state index >= 15 is 0 Å². The fraction of sp³-hybridized carbons (Fsp3) is 0.227. The van der Waals surface area contributed by atoms with Gasteiger partial charge in [0.25, 0.3) is 5.91 Å². The molecule has 1 aliphatic heterocycles. The zero-order valence-electron chi connectivity index (χ0n) is 17.2. The Morgan fingerprint density at radius 2 is 2.00 bits per heavy atom. The molecule has 2 N–H and O–H groups in total. The topological polar surface area (TPSA) is 85.2 Å². The average molecular weight is 475 g/mol. The molecule has 0 aliphatic carbocycles. The summed E-state index contributed by atoms with van der Waals surface area (Å²) in [5, 5.41) is 10.0. The molecule has 32 heavy (non-hydrogen) atoms. The zero-order chi connectivity index (χ0) is 22.7. The smallest absolute Gasteiger partial charge is 0.261 e. The van der Waals surface area contributed by atoms with Gasteiger partial charge in [-0.1, -0.05) is 29.8 Å². The molecule has 3 aromatic rings. The first kappa shape index (κ1) is 22.2. The van der Waals surface area contributed by atoms with Gasteiger partial charge < -0.3 is 15.4 Å². The van der Waals surface area contributed by atoms with Gasteiger partial charge in [0.05, 0.1) is 23.4 Å². The zero-order valence-corrected chi connectivity index (χ0v) is 18.7. The van der Waals surface area contributed by atoms with E-state index in [1.807, 2.05) is 24.3 Å². The Kier molecular flexibility index (Phi) is 6.66. The van der Waals surface area contributed by atoms with Gasteiger partial charge in [-0.05, 0) is 29.8 Å². The van der Waals surface area contributed by atoms with Crippen molar-refractivity contribution in [1.29, 1.82) is 0 Å². The van der Waals surface area contributed by atoms with Crippen LogP contribution in [0.25, 0.3) is 0 Å². The number of methoxy groups -OCH3 is 1. The minimum atomic E-state index is -0.718. The second-order valence-corrected chi connectivity index (χ2v) is 8.49. The molecule has 166 valence electrons. The predicted molar refractivity (Wildman–Crippen MR) is 121 cm³/mol. The molecule has 1 aliphatic rings. The molecule has 2 heterocycles. The Labute approximate surface area is 193 Å². The molecule has 7 nitrogen and oxygen atoms in total. The van der Waals surface area contributed by atoms with Gasteiger partial charge in [-0.2, -0.15) is 16.9 Å². The lowest BCUT2D eigenvalue weighted by Gasteiger charge is -2.12. The van der Waals surface area contributed by atoms with Crippen molar-refractivity contribution in [1.82, 2.24) is 15.1 Å². The number of aromatic nitrogens is 2. The summed E-state index contributed by atoms with van der Waals surface area (Å²) in [5.74, 6) is 0.766. The van der Waals surface area contributed by atoms with E-state index in [1.165, 1.54) is 22.9 Å².